The molecule has 3 aromatic carbocycles. The Balaban J connectivity index is 1.30. The van der Waals surface area contributed by atoms with Crippen LogP contribution in [0.15, 0.2) is 60.7 Å². The zero-order valence-corrected chi connectivity index (χ0v) is 24.7. The van der Waals surface area contributed by atoms with Crippen molar-refractivity contribution in [2.24, 2.45) is 5.73 Å². The zero-order valence-electron chi connectivity index (χ0n) is 24.7. The van der Waals surface area contributed by atoms with Crippen LogP contribution in [0.1, 0.15) is 52.0 Å². The SMILES string of the molecule is COc1ccc(CC(=O)N2CCN(c3ccc(C(=O)NC4CCC(N)CC4)cc3NC(=O)c3ccc(F)c(F)c3)CC2)cc1. The third-order valence-electron chi connectivity index (χ3n) is 8.28. The molecule has 232 valence electrons. The number of benzene rings is 3. The lowest BCUT2D eigenvalue weighted by atomic mass is 9.91. The van der Waals surface area contributed by atoms with Crippen LogP contribution in [0.2, 0.25) is 0 Å². The number of halogens is 2. The molecule has 44 heavy (non-hydrogen) atoms. The molecule has 4 N–H and O–H groups in total. The summed E-state index contributed by atoms with van der Waals surface area (Å²) in [4.78, 5) is 43.1. The number of methoxy groups -OCH3 is 1. The van der Waals surface area contributed by atoms with Crippen molar-refractivity contribution in [2.45, 2.75) is 44.2 Å². The van der Waals surface area contributed by atoms with Gasteiger partial charge in [0.1, 0.15) is 5.75 Å². The highest BCUT2D eigenvalue weighted by atomic mass is 19.2. The van der Waals surface area contributed by atoms with E-state index in [2.05, 4.69) is 10.6 Å². The summed E-state index contributed by atoms with van der Waals surface area (Å²) in [6.45, 7) is 1.93. The van der Waals surface area contributed by atoms with Gasteiger partial charge in [0, 0.05) is 49.4 Å². The van der Waals surface area contributed by atoms with Crippen molar-refractivity contribution < 1.29 is 27.9 Å². The highest BCUT2D eigenvalue weighted by molar-refractivity contribution is 6.07. The molecular formula is C33H37F2N5O4. The number of anilines is 2. The third kappa shape index (κ3) is 7.52. The van der Waals surface area contributed by atoms with Gasteiger partial charge in [0.05, 0.1) is 24.9 Å². The molecule has 11 heteroatoms. The highest BCUT2D eigenvalue weighted by Gasteiger charge is 2.25. The van der Waals surface area contributed by atoms with Gasteiger partial charge >= 0.3 is 0 Å². The van der Waals surface area contributed by atoms with Crippen LogP contribution < -0.4 is 26.0 Å². The predicted molar refractivity (Wildman–Crippen MR) is 164 cm³/mol. The van der Waals surface area contributed by atoms with Gasteiger partial charge in [0.25, 0.3) is 11.8 Å². The monoisotopic (exact) mass is 605 g/mol. The average Bonchev–Trinajstić information content (AvgIpc) is 3.03. The minimum atomic E-state index is -1.13. The number of nitrogens with zero attached hydrogens (tertiary/aromatic N) is 2. The number of piperazine rings is 1. The van der Waals surface area contributed by atoms with E-state index in [-0.39, 0.29) is 35.9 Å². The van der Waals surface area contributed by atoms with Crippen LogP contribution in [0.3, 0.4) is 0 Å². The standard InChI is InChI=1S/C33H37F2N5O4/c1-44-26-10-2-21(3-11-26)18-31(41)40-16-14-39(15-17-40)30-13-5-23(32(42)37-25-8-6-24(36)7-9-25)20-29(30)38-33(43)22-4-12-27(34)28(35)19-22/h2-5,10-13,19-20,24-25H,6-9,14-18,36H2,1H3,(H,37,42)(H,38,43). The van der Waals surface area contributed by atoms with Gasteiger partial charge in [-0.3, -0.25) is 14.4 Å². The van der Waals surface area contributed by atoms with Crippen LogP contribution in [-0.2, 0) is 11.2 Å². The van der Waals surface area contributed by atoms with E-state index in [1.54, 1.807) is 30.2 Å². The van der Waals surface area contributed by atoms with E-state index in [0.717, 1.165) is 49.1 Å². The third-order valence-corrected chi connectivity index (χ3v) is 8.28. The fourth-order valence-corrected chi connectivity index (χ4v) is 5.64. The number of hydrogen-bond donors (Lipinski definition) is 3. The van der Waals surface area contributed by atoms with E-state index in [0.29, 0.717) is 43.1 Å². The molecule has 3 aromatic rings. The zero-order chi connectivity index (χ0) is 31.2. The Bertz CT molecular complexity index is 1500. The molecule has 9 nitrogen and oxygen atoms in total. The number of carbonyl (C=O) groups is 3. The minimum absolute atomic E-state index is 0.0115. The summed E-state index contributed by atoms with van der Waals surface area (Å²) in [5, 5.41) is 5.86. The molecular weight excluding hydrogens is 568 g/mol. The fraction of sp³-hybridized carbons (Fsp3) is 0.364. The van der Waals surface area contributed by atoms with Crippen molar-refractivity contribution in [3.05, 3.63) is 89.0 Å². The van der Waals surface area contributed by atoms with Crippen LogP contribution in [0.4, 0.5) is 20.2 Å². The summed E-state index contributed by atoms with van der Waals surface area (Å²) in [5.74, 6) is -2.36. The van der Waals surface area contributed by atoms with Crippen molar-refractivity contribution in [1.82, 2.24) is 10.2 Å². The van der Waals surface area contributed by atoms with Gasteiger partial charge in [-0.15, -0.1) is 0 Å². The smallest absolute Gasteiger partial charge is 0.255 e. The van der Waals surface area contributed by atoms with Gasteiger partial charge in [-0.1, -0.05) is 12.1 Å². The second kappa shape index (κ2) is 13.9. The van der Waals surface area contributed by atoms with Gasteiger partial charge in [-0.25, -0.2) is 8.78 Å². The molecule has 0 spiro atoms. The molecule has 1 heterocycles. The number of hydrogen-bond acceptors (Lipinski definition) is 6. The molecule has 0 bridgehead atoms. The first-order valence-corrected chi connectivity index (χ1v) is 14.8. The Labute approximate surface area is 255 Å². The maximum absolute atomic E-state index is 13.9. The largest absolute Gasteiger partial charge is 0.497 e. The lowest BCUT2D eigenvalue weighted by molar-refractivity contribution is -0.130. The number of ether oxygens (including phenoxy) is 1. The van der Waals surface area contributed by atoms with Crippen molar-refractivity contribution in [1.29, 1.82) is 0 Å². The van der Waals surface area contributed by atoms with Gasteiger partial charge in [0.15, 0.2) is 11.6 Å². The first-order chi connectivity index (χ1) is 21.2. The number of rotatable bonds is 8. The second-order valence-electron chi connectivity index (χ2n) is 11.3. The van der Waals surface area contributed by atoms with Crippen LogP contribution in [0.5, 0.6) is 5.75 Å². The molecule has 3 amide bonds. The van der Waals surface area contributed by atoms with Gasteiger partial charge < -0.3 is 30.9 Å². The van der Waals surface area contributed by atoms with Gasteiger partial charge in [-0.2, -0.15) is 0 Å². The molecule has 0 aromatic heterocycles. The lowest BCUT2D eigenvalue weighted by Crippen LogP contribution is -2.49. The summed E-state index contributed by atoms with van der Waals surface area (Å²) < 4.78 is 32.6. The van der Waals surface area contributed by atoms with E-state index in [9.17, 15) is 23.2 Å². The summed E-state index contributed by atoms with van der Waals surface area (Å²) in [7, 11) is 1.59. The summed E-state index contributed by atoms with van der Waals surface area (Å²) in [6, 6.07) is 15.6. The van der Waals surface area contributed by atoms with E-state index >= 15 is 0 Å². The van der Waals surface area contributed by atoms with Crippen LogP contribution >= 0.6 is 0 Å². The summed E-state index contributed by atoms with van der Waals surface area (Å²) >= 11 is 0. The minimum Gasteiger partial charge on any atom is -0.497 e. The normalized spacial score (nSPS) is 18.5. The summed E-state index contributed by atoms with van der Waals surface area (Å²) in [6.07, 6.45) is 3.55. The highest BCUT2D eigenvalue weighted by Crippen LogP contribution is 2.30. The molecule has 0 unspecified atom stereocenters. The number of nitrogens with one attached hydrogen (secondary N) is 2. The van der Waals surface area contributed by atoms with E-state index in [4.69, 9.17) is 10.5 Å². The molecule has 0 radical (unpaired) electrons. The molecule has 2 fully saturated rings. The Morgan fingerprint density at radius 1 is 0.841 bits per heavy atom. The van der Waals surface area contributed by atoms with Crippen molar-refractivity contribution >= 4 is 29.1 Å². The molecule has 1 aliphatic heterocycles. The quantitative estimate of drug-likeness (QED) is 0.356. The number of nitrogens with two attached hydrogens (primary N) is 1. The molecule has 1 saturated carbocycles. The van der Waals surface area contributed by atoms with Gasteiger partial charge in [-0.05, 0) is 79.8 Å². The van der Waals surface area contributed by atoms with Crippen LogP contribution in [0, 0.1) is 11.6 Å². The topological polar surface area (TPSA) is 117 Å². The number of carbonyl (C=O) groups excluding carboxylic acids is 3. The van der Waals surface area contributed by atoms with Crippen molar-refractivity contribution in [3.8, 4) is 5.75 Å². The molecule has 2 aliphatic rings. The van der Waals surface area contributed by atoms with Crippen molar-refractivity contribution in [2.75, 3.05) is 43.5 Å². The predicted octanol–water partition coefficient (Wildman–Crippen LogP) is 4.12. The van der Waals surface area contributed by atoms with Crippen molar-refractivity contribution in [3.63, 3.8) is 0 Å². The van der Waals surface area contributed by atoms with Crippen LogP contribution in [0.25, 0.3) is 0 Å². The Kier molecular flexibility index (Phi) is 9.74. The fourth-order valence-electron chi connectivity index (χ4n) is 5.64. The Morgan fingerprint density at radius 2 is 1.50 bits per heavy atom. The molecule has 5 rings (SSSR count). The first kappa shape index (κ1) is 30.9. The summed E-state index contributed by atoms with van der Waals surface area (Å²) in [5.41, 5.74) is 8.21. The Morgan fingerprint density at radius 3 is 2.16 bits per heavy atom. The van der Waals surface area contributed by atoms with Crippen LogP contribution in [-0.4, -0.2) is 68.0 Å². The van der Waals surface area contributed by atoms with E-state index < -0.39 is 17.5 Å². The van der Waals surface area contributed by atoms with E-state index in [1.165, 1.54) is 6.07 Å². The first-order valence-electron chi connectivity index (χ1n) is 14.8. The molecule has 0 atom stereocenters. The lowest BCUT2D eigenvalue weighted by Gasteiger charge is -2.37. The average molecular weight is 606 g/mol. The maximum Gasteiger partial charge on any atom is 0.255 e. The molecule has 1 aliphatic carbocycles. The van der Waals surface area contributed by atoms with Gasteiger partial charge in [0.2, 0.25) is 5.91 Å². The Hall–Kier alpha value is -4.51. The maximum atomic E-state index is 13.9. The molecule has 1 saturated heterocycles. The second-order valence-corrected chi connectivity index (χ2v) is 11.3. The number of amides is 3. The van der Waals surface area contributed by atoms with E-state index in [1.807, 2.05) is 29.2 Å².